The molecule has 0 saturated carbocycles. The van der Waals surface area contributed by atoms with Crippen molar-refractivity contribution in [3.8, 4) is 0 Å². The number of aromatic amines is 1. The fraction of sp³-hybridized carbons (Fsp3) is 0.692. The van der Waals surface area contributed by atoms with Gasteiger partial charge in [-0.2, -0.15) is 5.10 Å². The van der Waals surface area contributed by atoms with Gasteiger partial charge in [-0.3, -0.25) is 9.89 Å². The predicted octanol–water partition coefficient (Wildman–Crippen LogP) is 1.14. The molecule has 5 nitrogen and oxygen atoms in total. The average Bonchev–Trinajstić information content (AvgIpc) is 2.78. The van der Waals surface area contributed by atoms with Crippen molar-refractivity contribution in [3.05, 3.63) is 17.5 Å². The van der Waals surface area contributed by atoms with Crippen LogP contribution in [-0.2, 0) is 11.2 Å². The van der Waals surface area contributed by atoms with Crippen molar-refractivity contribution in [2.24, 2.45) is 11.7 Å². The Morgan fingerprint density at radius 3 is 2.89 bits per heavy atom. The summed E-state index contributed by atoms with van der Waals surface area (Å²) in [7, 11) is 0. The number of aromatic nitrogens is 2. The highest BCUT2D eigenvalue weighted by atomic mass is 16.2. The molecule has 18 heavy (non-hydrogen) atoms. The second-order valence-corrected chi connectivity index (χ2v) is 4.83. The van der Waals surface area contributed by atoms with Crippen molar-refractivity contribution >= 4 is 5.91 Å². The minimum absolute atomic E-state index is 0.0479. The second-order valence-electron chi connectivity index (χ2n) is 4.83. The number of H-pyrrole nitrogens is 1. The Labute approximate surface area is 109 Å². The molecule has 0 aromatic carbocycles. The summed E-state index contributed by atoms with van der Waals surface area (Å²) >= 11 is 0. The topological polar surface area (TPSA) is 83.8 Å². The molecular formula is C13H24N4O. The zero-order valence-electron chi connectivity index (χ0n) is 11.5. The molecule has 0 fully saturated rings. The van der Waals surface area contributed by atoms with E-state index in [1.54, 1.807) is 0 Å². The molecular weight excluding hydrogens is 228 g/mol. The van der Waals surface area contributed by atoms with Crippen LogP contribution in [0.15, 0.2) is 6.20 Å². The highest BCUT2D eigenvalue weighted by molar-refractivity contribution is 5.81. The maximum absolute atomic E-state index is 11.7. The van der Waals surface area contributed by atoms with E-state index < -0.39 is 6.04 Å². The molecule has 0 radical (unpaired) electrons. The fourth-order valence-corrected chi connectivity index (χ4v) is 1.75. The smallest absolute Gasteiger partial charge is 0.237 e. The minimum atomic E-state index is -0.398. The van der Waals surface area contributed by atoms with E-state index >= 15 is 0 Å². The molecule has 1 aromatic rings. The number of rotatable bonds is 7. The van der Waals surface area contributed by atoms with Crippen molar-refractivity contribution in [1.29, 1.82) is 0 Å². The molecule has 1 aromatic heterocycles. The van der Waals surface area contributed by atoms with Crippen LogP contribution in [0.4, 0.5) is 0 Å². The van der Waals surface area contributed by atoms with Gasteiger partial charge in [0.1, 0.15) is 0 Å². The lowest BCUT2D eigenvalue weighted by Gasteiger charge is -2.17. The van der Waals surface area contributed by atoms with Gasteiger partial charge in [-0.05, 0) is 31.2 Å². The van der Waals surface area contributed by atoms with Gasteiger partial charge in [-0.15, -0.1) is 0 Å². The quantitative estimate of drug-likeness (QED) is 0.636. The monoisotopic (exact) mass is 252 g/mol. The molecule has 102 valence electrons. The van der Waals surface area contributed by atoms with Crippen LogP contribution in [0.3, 0.4) is 0 Å². The maximum atomic E-state index is 11.7. The Morgan fingerprint density at radius 1 is 1.61 bits per heavy atom. The summed E-state index contributed by atoms with van der Waals surface area (Å²) in [6.07, 6.45) is 4.57. The van der Waals surface area contributed by atoms with Gasteiger partial charge >= 0.3 is 0 Å². The lowest BCUT2D eigenvalue weighted by atomic mass is 9.99. The summed E-state index contributed by atoms with van der Waals surface area (Å²) in [5.41, 5.74) is 8.14. The first-order valence-electron chi connectivity index (χ1n) is 6.58. The van der Waals surface area contributed by atoms with E-state index in [4.69, 9.17) is 5.73 Å². The molecule has 0 aliphatic carbocycles. The van der Waals surface area contributed by atoms with Crippen LogP contribution in [0.2, 0.25) is 0 Å². The molecule has 0 bridgehead atoms. The molecule has 1 heterocycles. The highest BCUT2D eigenvalue weighted by Crippen LogP contribution is 2.06. The third-order valence-electron chi connectivity index (χ3n) is 3.42. The number of nitrogens with zero attached hydrogens (tertiary/aromatic N) is 1. The zero-order valence-corrected chi connectivity index (χ0v) is 11.5. The second kappa shape index (κ2) is 7.16. The summed E-state index contributed by atoms with van der Waals surface area (Å²) in [4.78, 5) is 11.7. The molecule has 0 aliphatic heterocycles. The summed E-state index contributed by atoms with van der Waals surface area (Å²) < 4.78 is 0. The van der Waals surface area contributed by atoms with Crippen LogP contribution >= 0.6 is 0 Å². The first-order valence-corrected chi connectivity index (χ1v) is 6.58. The zero-order chi connectivity index (χ0) is 13.5. The molecule has 2 unspecified atom stereocenters. The lowest BCUT2D eigenvalue weighted by Crippen LogP contribution is -2.44. The van der Waals surface area contributed by atoms with Crippen molar-refractivity contribution in [1.82, 2.24) is 15.5 Å². The van der Waals surface area contributed by atoms with Crippen LogP contribution in [0.25, 0.3) is 0 Å². The number of hydrogen-bond donors (Lipinski definition) is 3. The molecule has 1 rings (SSSR count). The summed E-state index contributed by atoms with van der Waals surface area (Å²) in [6, 6.07) is -0.398. The molecule has 1 amide bonds. The van der Waals surface area contributed by atoms with E-state index in [1.165, 1.54) is 5.56 Å². The van der Waals surface area contributed by atoms with Gasteiger partial charge in [0.25, 0.3) is 0 Å². The van der Waals surface area contributed by atoms with Gasteiger partial charge in [0.15, 0.2) is 0 Å². The number of carbonyl (C=O) groups is 1. The number of carbonyl (C=O) groups excluding carboxylic acids is 1. The van der Waals surface area contributed by atoms with E-state index in [0.717, 1.165) is 25.0 Å². The Balaban J connectivity index is 2.22. The van der Waals surface area contributed by atoms with Gasteiger partial charge in [0.2, 0.25) is 5.91 Å². The third-order valence-corrected chi connectivity index (χ3v) is 3.42. The summed E-state index contributed by atoms with van der Waals surface area (Å²) in [5.74, 6) is 0.175. The molecule has 0 spiro atoms. The molecule has 5 heteroatoms. The SMILES string of the molecule is CCC(C)C(N)C(=O)NCCCc1cn[nH]c1C. The van der Waals surface area contributed by atoms with Crippen LogP contribution in [0, 0.1) is 12.8 Å². The van der Waals surface area contributed by atoms with E-state index in [-0.39, 0.29) is 11.8 Å². The van der Waals surface area contributed by atoms with Gasteiger partial charge < -0.3 is 11.1 Å². The average molecular weight is 252 g/mol. The Bertz CT molecular complexity index is 375. The summed E-state index contributed by atoms with van der Waals surface area (Å²) in [5, 5.41) is 9.75. The van der Waals surface area contributed by atoms with Gasteiger partial charge in [-0.25, -0.2) is 0 Å². The summed E-state index contributed by atoms with van der Waals surface area (Å²) in [6.45, 7) is 6.70. The number of nitrogens with two attached hydrogens (primary N) is 1. The maximum Gasteiger partial charge on any atom is 0.237 e. The van der Waals surface area contributed by atoms with Gasteiger partial charge in [-0.1, -0.05) is 20.3 Å². The highest BCUT2D eigenvalue weighted by Gasteiger charge is 2.18. The minimum Gasteiger partial charge on any atom is -0.355 e. The van der Waals surface area contributed by atoms with Crippen LogP contribution < -0.4 is 11.1 Å². The lowest BCUT2D eigenvalue weighted by molar-refractivity contribution is -0.123. The van der Waals surface area contributed by atoms with E-state index in [9.17, 15) is 4.79 Å². The Morgan fingerprint density at radius 2 is 2.33 bits per heavy atom. The van der Waals surface area contributed by atoms with Crippen molar-refractivity contribution < 1.29 is 4.79 Å². The fourth-order valence-electron chi connectivity index (χ4n) is 1.75. The Kier molecular flexibility index (Phi) is 5.85. The molecule has 0 aliphatic rings. The normalized spacial score (nSPS) is 14.2. The van der Waals surface area contributed by atoms with Gasteiger partial charge in [0, 0.05) is 12.2 Å². The molecule has 0 saturated heterocycles. The number of amides is 1. The number of hydrogen-bond acceptors (Lipinski definition) is 3. The van der Waals surface area contributed by atoms with Crippen molar-refractivity contribution in [3.63, 3.8) is 0 Å². The largest absolute Gasteiger partial charge is 0.355 e. The van der Waals surface area contributed by atoms with Crippen molar-refractivity contribution in [2.75, 3.05) is 6.54 Å². The van der Waals surface area contributed by atoms with E-state index in [2.05, 4.69) is 15.5 Å². The number of nitrogens with one attached hydrogen (secondary N) is 2. The standard InChI is InChI=1S/C13H24N4O/c1-4-9(2)12(14)13(18)15-7-5-6-11-8-16-17-10(11)3/h8-9,12H,4-7,14H2,1-3H3,(H,15,18)(H,16,17). The first kappa shape index (κ1) is 14.7. The van der Waals surface area contributed by atoms with Crippen LogP contribution in [0.5, 0.6) is 0 Å². The Hall–Kier alpha value is -1.36. The molecule has 2 atom stereocenters. The van der Waals surface area contributed by atoms with E-state index in [1.807, 2.05) is 27.0 Å². The van der Waals surface area contributed by atoms with Crippen molar-refractivity contribution in [2.45, 2.75) is 46.1 Å². The third kappa shape index (κ3) is 4.14. The van der Waals surface area contributed by atoms with Crippen LogP contribution in [-0.4, -0.2) is 28.7 Å². The number of aryl methyl sites for hydroxylation is 2. The first-order chi connectivity index (χ1) is 8.56. The van der Waals surface area contributed by atoms with E-state index in [0.29, 0.717) is 6.54 Å². The van der Waals surface area contributed by atoms with Crippen LogP contribution in [0.1, 0.15) is 37.9 Å². The molecule has 4 N–H and O–H groups in total. The predicted molar refractivity (Wildman–Crippen MR) is 72.1 cm³/mol. The van der Waals surface area contributed by atoms with Gasteiger partial charge in [0.05, 0.1) is 12.2 Å².